The smallest absolute Gasteiger partial charge is 0.266 e. The van der Waals surface area contributed by atoms with Crippen LogP contribution in [0, 0.1) is 5.41 Å². The summed E-state index contributed by atoms with van der Waals surface area (Å²) in [5.41, 5.74) is 7.43. The number of ketones is 1. The number of rotatable bonds is 3. The second-order valence-corrected chi connectivity index (χ2v) is 7.77. The van der Waals surface area contributed by atoms with E-state index in [9.17, 15) is 9.59 Å². The molecule has 1 aromatic carbocycles. The fourth-order valence-corrected chi connectivity index (χ4v) is 3.15. The molecule has 1 aliphatic rings. The Balaban J connectivity index is 2.11. The first-order valence-corrected chi connectivity index (χ1v) is 8.84. The van der Waals surface area contributed by atoms with Crippen molar-refractivity contribution in [2.75, 3.05) is 11.4 Å². The standard InChI is InChI=1S/C18H20N4O2S/c1-18(2,3)13(23)10-22-12-7-5-4-6-11(12)14(16-20-8-9-25-16)21-15(19)17(22)24/h4-9,15H,10,19H2,1-3H3. The number of carbonyl (C=O) groups excluding carboxylic acids is 2. The molecule has 1 aromatic heterocycles. The maximum absolute atomic E-state index is 12.8. The summed E-state index contributed by atoms with van der Waals surface area (Å²) in [7, 11) is 0. The van der Waals surface area contributed by atoms with E-state index in [1.807, 2.05) is 50.4 Å². The van der Waals surface area contributed by atoms with Crippen LogP contribution in [0.25, 0.3) is 0 Å². The van der Waals surface area contributed by atoms with E-state index in [4.69, 9.17) is 5.73 Å². The Morgan fingerprint density at radius 2 is 2.04 bits per heavy atom. The van der Waals surface area contributed by atoms with Crippen molar-refractivity contribution in [3.63, 3.8) is 0 Å². The molecule has 1 atom stereocenters. The molecule has 0 saturated heterocycles. The topological polar surface area (TPSA) is 88.7 Å². The average molecular weight is 356 g/mol. The molecule has 1 unspecified atom stereocenters. The average Bonchev–Trinajstić information content (AvgIpc) is 3.07. The van der Waals surface area contributed by atoms with Gasteiger partial charge in [0.1, 0.15) is 10.7 Å². The van der Waals surface area contributed by atoms with Crippen molar-refractivity contribution in [2.24, 2.45) is 16.1 Å². The van der Waals surface area contributed by atoms with Gasteiger partial charge in [0.15, 0.2) is 11.9 Å². The van der Waals surface area contributed by atoms with Gasteiger partial charge in [0.2, 0.25) is 0 Å². The summed E-state index contributed by atoms with van der Waals surface area (Å²) in [5, 5.41) is 2.54. The Morgan fingerprint density at radius 3 is 2.68 bits per heavy atom. The SMILES string of the molecule is CC(C)(C)C(=O)CN1C(=O)C(N)N=C(c2nccs2)c2ccccc21. The number of para-hydroxylation sites is 1. The molecule has 25 heavy (non-hydrogen) atoms. The number of nitrogens with zero attached hydrogens (tertiary/aromatic N) is 3. The molecular weight excluding hydrogens is 336 g/mol. The molecule has 0 saturated carbocycles. The minimum absolute atomic E-state index is 0.0340. The van der Waals surface area contributed by atoms with Gasteiger partial charge in [-0.25, -0.2) is 4.98 Å². The molecule has 6 nitrogen and oxygen atoms in total. The molecule has 0 bridgehead atoms. The van der Waals surface area contributed by atoms with Gasteiger partial charge in [0.05, 0.1) is 12.2 Å². The Kier molecular flexibility index (Phi) is 4.53. The number of nitrogens with two attached hydrogens (primary N) is 1. The largest absolute Gasteiger partial charge is 0.302 e. The normalized spacial score (nSPS) is 17.8. The minimum atomic E-state index is -1.07. The van der Waals surface area contributed by atoms with E-state index in [1.54, 1.807) is 6.20 Å². The number of fused-ring (bicyclic) bond motifs is 1. The summed E-state index contributed by atoms with van der Waals surface area (Å²) in [6.07, 6.45) is 0.614. The number of benzene rings is 1. The lowest BCUT2D eigenvalue weighted by Gasteiger charge is -2.27. The highest BCUT2D eigenvalue weighted by molar-refractivity contribution is 7.12. The molecule has 1 aliphatic heterocycles. The highest BCUT2D eigenvalue weighted by atomic mass is 32.1. The second-order valence-electron chi connectivity index (χ2n) is 6.87. The molecule has 2 N–H and O–H groups in total. The Labute approximate surface area is 150 Å². The Hall–Kier alpha value is -2.38. The van der Waals surface area contributed by atoms with Gasteiger partial charge in [-0.2, -0.15) is 0 Å². The number of hydrogen-bond donors (Lipinski definition) is 1. The van der Waals surface area contributed by atoms with Gasteiger partial charge in [-0.05, 0) is 6.07 Å². The van der Waals surface area contributed by atoms with Crippen molar-refractivity contribution in [3.8, 4) is 0 Å². The molecule has 0 radical (unpaired) electrons. The molecule has 3 rings (SSSR count). The van der Waals surface area contributed by atoms with Gasteiger partial charge in [-0.3, -0.25) is 14.6 Å². The zero-order chi connectivity index (χ0) is 18.2. The number of thiazole rings is 1. The van der Waals surface area contributed by atoms with Crippen LogP contribution in [0.3, 0.4) is 0 Å². The number of aliphatic imine (C=N–C) groups is 1. The molecule has 7 heteroatoms. The summed E-state index contributed by atoms with van der Waals surface area (Å²) in [4.78, 5) is 35.5. The third-order valence-corrected chi connectivity index (χ3v) is 4.79. The van der Waals surface area contributed by atoms with Crippen molar-refractivity contribution in [2.45, 2.75) is 26.9 Å². The maximum Gasteiger partial charge on any atom is 0.266 e. The molecule has 0 aliphatic carbocycles. The highest BCUT2D eigenvalue weighted by Crippen LogP contribution is 2.29. The number of anilines is 1. The summed E-state index contributed by atoms with van der Waals surface area (Å²) in [6, 6.07) is 7.38. The van der Waals surface area contributed by atoms with Crippen molar-refractivity contribution >= 4 is 34.4 Å². The van der Waals surface area contributed by atoms with E-state index in [0.717, 1.165) is 5.56 Å². The molecule has 0 fully saturated rings. The molecule has 2 heterocycles. The van der Waals surface area contributed by atoms with E-state index in [1.165, 1.54) is 16.2 Å². The van der Waals surface area contributed by atoms with Crippen LogP contribution in [0.4, 0.5) is 5.69 Å². The maximum atomic E-state index is 12.8. The van der Waals surface area contributed by atoms with Gasteiger partial charge in [0.25, 0.3) is 5.91 Å². The number of amides is 1. The zero-order valence-electron chi connectivity index (χ0n) is 14.4. The van der Waals surface area contributed by atoms with Crippen molar-refractivity contribution in [1.29, 1.82) is 0 Å². The predicted molar refractivity (Wildman–Crippen MR) is 99.0 cm³/mol. The molecular formula is C18H20N4O2S. The number of benzodiazepines with no additional fused rings is 1. The first-order chi connectivity index (χ1) is 11.8. The van der Waals surface area contributed by atoms with Crippen LogP contribution in [-0.2, 0) is 9.59 Å². The van der Waals surface area contributed by atoms with Crippen LogP contribution in [0.15, 0.2) is 40.8 Å². The van der Waals surface area contributed by atoms with Crippen LogP contribution in [-0.4, -0.2) is 35.1 Å². The quantitative estimate of drug-likeness (QED) is 0.913. The van der Waals surface area contributed by atoms with Crippen LogP contribution < -0.4 is 10.6 Å². The van der Waals surface area contributed by atoms with Gasteiger partial charge >= 0.3 is 0 Å². The summed E-state index contributed by atoms with van der Waals surface area (Å²) < 4.78 is 0. The van der Waals surface area contributed by atoms with Crippen LogP contribution in [0.1, 0.15) is 31.3 Å². The lowest BCUT2D eigenvalue weighted by atomic mass is 9.90. The fraction of sp³-hybridized carbons (Fsp3) is 0.333. The number of carbonyl (C=O) groups is 2. The lowest BCUT2D eigenvalue weighted by Crippen LogP contribution is -2.46. The van der Waals surface area contributed by atoms with E-state index in [-0.39, 0.29) is 12.3 Å². The second kappa shape index (κ2) is 6.50. The first kappa shape index (κ1) is 17.4. The summed E-state index contributed by atoms with van der Waals surface area (Å²) in [5.74, 6) is -0.433. The first-order valence-electron chi connectivity index (χ1n) is 7.96. The third-order valence-electron chi connectivity index (χ3n) is 4.01. The monoisotopic (exact) mass is 356 g/mol. The molecule has 2 aromatic rings. The van der Waals surface area contributed by atoms with E-state index in [2.05, 4.69) is 9.98 Å². The van der Waals surface area contributed by atoms with E-state index >= 15 is 0 Å². The molecule has 0 spiro atoms. The summed E-state index contributed by atoms with van der Waals surface area (Å²) in [6.45, 7) is 5.47. The lowest BCUT2D eigenvalue weighted by molar-refractivity contribution is -0.127. The number of Topliss-reactive ketones (excluding diaryl/α,β-unsaturated/α-hetero) is 1. The highest BCUT2D eigenvalue weighted by Gasteiger charge is 2.34. The van der Waals surface area contributed by atoms with Crippen molar-refractivity contribution < 1.29 is 9.59 Å². The van der Waals surface area contributed by atoms with Crippen LogP contribution in [0.2, 0.25) is 0 Å². The third kappa shape index (κ3) is 3.38. The Morgan fingerprint density at radius 1 is 1.32 bits per heavy atom. The van der Waals surface area contributed by atoms with Crippen LogP contribution in [0.5, 0.6) is 0 Å². The fourth-order valence-electron chi connectivity index (χ4n) is 2.51. The van der Waals surface area contributed by atoms with E-state index in [0.29, 0.717) is 16.4 Å². The zero-order valence-corrected chi connectivity index (χ0v) is 15.2. The van der Waals surface area contributed by atoms with Crippen molar-refractivity contribution in [1.82, 2.24) is 4.98 Å². The van der Waals surface area contributed by atoms with E-state index < -0.39 is 17.5 Å². The van der Waals surface area contributed by atoms with Crippen molar-refractivity contribution in [3.05, 3.63) is 46.4 Å². The minimum Gasteiger partial charge on any atom is -0.302 e. The summed E-state index contributed by atoms with van der Waals surface area (Å²) >= 11 is 1.43. The molecule has 1 amide bonds. The van der Waals surface area contributed by atoms with Gasteiger partial charge in [-0.15, -0.1) is 11.3 Å². The van der Waals surface area contributed by atoms with Gasteiger partial charge in [0, 0.05) is 22.6 Å². The number of hydrogen-bond acceptors (Lipinski definition) is 6. The van der Waals surface area contributed by atoms with Crippen LogP contribution >= 0.6 is 11.3 Å². The van der Waals surface area contributed by atoms with Gasteiger partial charge < -0.3 is 10.6 Å². The molecule has 130 valence electrons. The van der Waals surface area contributed by atoms with Gasteiger partial charge in [-0.1, -0.05) is 39.0 Å². The predicted octanol–water partition coefficient (Wildman–Crippen LogP) is 2.23. The number of aromatic nitrogens is 1. The Bertz CT molecular complexity index is 837.